The van der Waals surface area contributed by atoms with Gasteiger partial charge in [0.05, 0.1) is 25.2 Å². The largest absolute Gasteiger partial charge is 0.496 e. The molecule has 4 heteroatoms. The first-order valence-corrected chi connectivity index (χ1v) is 9.23. The van der Waals surface area contributed by atoms with Gasteiger partial charge in [0.15, 0.2) is 0 Å². The Morgan fingerprint density at radius 3 is 2.08 bits per heavy atom. The van der Waals surface area contributed by atoms with E-state index in [0.717, 1.165) is 23.1 Å². The van der Waals surface area contributed by atoms with Crippen LogP contribution in [0.25, 0.3) is 5.57 Å². The number of ether oxygens (including phenoxy) is 2. The van der Waals surface area contributed by atoms with Crippen molar-refractivity contribution in [3.63, 3.8) is 0 Å². The van der Waals surface area contributed by atoms with Crippen LogP contribution in [0.15, 0.2) is 18.2 Å². The van der Waals surface area contributed by atoms with Gasteiger partial charge in [-0.25, -0.2) is 0 Å². The SMILES string of the molecule is COc1cc(C(C)(C)C)cc(OC)c1C1=C[C@H]2CC[C@]1(C(=O)O)C2(C)C. The molecule has 0 aromatic heterocycles. The number of carbonyl (C=O) groups is 1. The van der Waals surface area contributed by atoms with Crippen LogP contribution in [0.2, 0.25) is 0 Å². The second kappa shape index (κ2) is 5.77. The Balaban J connectivity index is 2.28. The van der Waals surface area contributed by atoms with Gasteiger partial charge in [0.1, 0.15) is 11.5 Å². The number of hydrogen-bond acceptors (Lipinski definition) is 3. The summed E-state index contributed by atoms with van der Waals surface area (Å²) in [6, 6.07) is 4.04. The predicted octanol–water partition coefficient (Wildman–Crippen LogP) is 4.91. The van der Waals surface area contributed by atoms with Crippen LogP contribution in [0.4, 0.5) is 0 Å². The number of allylic oxidation sites excluding steroid dienone is 1. The van der Waals surface area contributed by atoms with Crippen molar-refractivity contribution < 1.29 is 19.4 Å². The third-order valence-corrected chi connectivity index (χ3v) is 6.69. The van der Waals surface area contributed by atoms with Gasteiger partial charge in [-0.15, -0.1) is 0 Å². The van der Waals surface area contributed by atoms with Gasteiger partial charge in [-0.2, -0.15) is 0 Å². The van der Waals surface area contributed by atoms with Gasteiger partial charge >= 0.3 is 5.97 Å². The maximum absolute atomic E-state index is 12.5. The summed E-state index contributed by atoms with van der Waals surface area (Å²) in [4.78, 5) is 12.5. The zero-order chi connectivity index (χ0) is 19.5. The fourth-order valence-electron chi connectivity index (χ4n) is 4.89. The zero-order valence-electron chi connectivity index (χ0n) is 16.9. The standard InChI is InChI=1S/C22H30O4/c1-20(2,3)14-11-16(25-6)18(17(12-14)26-7)15-10-13-8-9-22(15,19(23)24)21(13,4)5/h10-13H,8-9H2,1-7H3,(H,23,24)/t13-,22+/m1/s1. The Morgan fingerprint density at radius 1 is 1.15 bits per heavy atom. The average Bonchev–Trinajstić information content (AvgIpc) is 2.96. The molecule has 2 aliphatic rings. The molecular formula is C22H30O4. The predicted molar refractivity (Wildman–Crippen MR) is 103 cm³/mol. The van der Waals surface area contributed by atoms with Crippen LogP contribution in [0.1, 0.15) is 58.6 Å². The Hall–Kier alpha value is -1.97. The number of carboxylic acids is 1. The lowest BCUT2D eigenvalue weighted by Gasteiger charge is -2.37. The molecule has 1 aromatic carbocycles. The highest BCUT2D eigenvalue weighted by Crippen LogP contribution is 2.69. The number of hydrogen-bond donors (Lipinski definition) is 1. The maximum Gasteiger partial charge on any atom is 0.314 e. The average molecular weight is 358 g/mol. The second-order valence-electron chi connectivity index (χ2n) is 9.16. The molecule has 2 bridgehead atoms. The highest BCUT2D eigenvalue weighted by Gasteiger charge is 2.65. The summed E-state index contributed by atoms with van der Waals surface area (Å²) in [5.41, 5.74) is 1.45. The summed E-state index contributed by atoms with van der Waals surface area (Å²) in [5, 5.41) is 10.2. The van der Waals surface area contributed by atoms with E-state index in [1.165, 1.54) is 0 Å². The molecule has 2 atom stereocenters. The highest BCUT2D eigenvalue weighted by molar-refractivity contribution is 5.98. The fourth-order valence-corrected chi connectivity index (χ4v) is 4.89. The molecule has 1 saturated carbocycles. The minimum Gasteiger partial charge on any atom is -0.496 e. The lowest BCUT2D eigenvalue weighted by Crippen LogP contribution is -2.40. The monoisotopic (exact) mass is 358 g/mol. The Kier molecular flexibility index (Phi) is 4.17. The number of aliphatic carboxylic acids is 1. The van der Waals surface area contributed by atoms with Crippen LogP contribution in [0.5, 0.6) is 11.5 Å². The zero-order valence-corrected chi connectivity index (χ0v) is 16.9. The highest BCUT2D eigenvalue weighted by atomic mass is 16.5. The van der Waals surface area contributed by atoms with Crippen LogP contribution < -0.4 is 9.47 Å². The van der Waals surface area contributed by atoms with E-state index >= 15 is 0 Å². The Morgan fingerprint density at radius 2 is 1.69 bits per heavy atom. The molecule has 1 aromatic rings. The Labute approximate surface area is 156 Å². The quantitative estimate of drug-likeness (QED) is 0.831. The van der Waals surface area contributed by atoms with E-state index in [9.17, 15) is 9.90 Å². The minimum absolute atomic E-state index is 0.0636. The molecule has 4 nitrogen and oxygen atoms in total. The first-order valence-electron chi connectivity index (χ1n) is 9.23. The maximum atomic E-state index is 12.5. The smallest absolute Gasteiger partial charge is 0.314 e. The molecule has 0 spiro atoms. The van der Waals surface area contributed by atoms with E-state index < -0.39 is 11.4 Å². The molecule has 1 fully saturated rings. The van der Waals surface area contributed by atoms with Crippen molar-refractivity contribution in [3.05, 3.63) is 29.3 Å². The second-order valence-corrected chi connectivity index (χ2v) is 9.16. The summed E-state index contributed by atoms with van der Waals surface area (Å²) in [7, 11) is 3.27. The molecule has 0 heterocycles. The summed E-state index contributed by atoms with van der Waals surface area (Å²) in [6.45, 7) is 10.6. The molecular weight excluding hydrogens is 328 g/mol. The number of rotatable bonds is 4. The van der Waals surface area contributed by atoms with Crippen molar-refractivity contribution in [2.45, 2.75) is 52.9 Å². The lowest BCUT2D eigenvalue weighted by atomic mass is 9.64. The molecule has 1 N–H and O–H groups in total. The van der Waals surface area contributed by atoms with Crippen molar-refractivity contribution in [1.82, 2.24) is 0 Å². The third-order valence-electron chi connectivity index (χ3n) is 6.69. The van der Waals surface area contributed by atoms with E-state index in [4.69, 9.17) is 9.47 Å². The van der Waals surface area contributed by atoms with E-state index in [-0.39, 0.29) is 16.7 Å². The lowest BCUT2D eigenvalue weighted by molar-refractivity contribution is -0.149. The summed E-state index contributed by atoms with van der Waals surface area (Å²) in [5.74, 6) is 0.872. The van der Waals surface area contributed by atoms with Gasteiger partial charge in [-0.1, -0.05) is 40.7 Å². The van der Waals surface area contributed by atoms with E-state index in [2.05, 4.69) is 40.7 Å². The van der Waals surface area contributed by atoms with Gasteiger partial charge < -0.3 is 14.6 Å². The van der Waals surface area contributed by atoms with Gasteiger partial charge in [0.2, 0.25) is 0 Å². The van der Waals surface area contributed by atoms with Crippen LogP contribution >= 0.6 is 0 Å². The van der Waals surface area contributed by atoms with Crippen LogP contribution in [-0.2, 0) is 10.2 Å². The molecule has 142 valence electrons. The third kappa shape index (κ3) is 2.30. The molecule has 2 aliphatic carbocycles. The Bertz CT molecular complexity index is 757. The normalized spacial score (nSPS) is 26.6. The van der Waals surface area contributed by atoms with Gasteiger partial charge in [0.25, 0.3) is 0 Å². The first-order chi connectivity index (χ1) is 12.0. The molecule has 0 unspecified atom stereocenters. The molecule has 0 saturated heterocycles. The van der Waals surface area contributed by atoms with Crippen molar-refractivity contribution in [2.24, 2.45) is 16.7 Å². The van der Waals surface area contributed by atoms with Gasteiger partial charge in [-0.3, -0.25) is 4.79 Å². The number of methoxy groups -OCH3 is 2. The van der Waals surface area contributed by atoms with E-state index in [0.29, 0.717) is 17.9 Å². The molecule has 0 aliphatic heterocycles. The first kappa shape index (κ1) is 18.8. The van der Waals surface area contributed by atoms with Crippen LogP contribution in [0.3, 0.4) is 0 Å². The van der Waals surface area contributed by atoms with Crippen LogP contribution in [0, 0.1) is 16.7 Å². The van der Waals surface area contributed by atoms with E-state index in [1.54, 1.807) is 14.2 Å². The van der Waals surface area contributed by atoms with Crippen molar-refractivity contribution >= 4 is 11.5 Å². The van der Waals surface area contributed by atoms with Crippen molar-refractivity contribution in [3.8, 4) is 11.5 Å². The summed E-state index contributed by atoms with van der Waals surface area (Å²) in [6.07, 6.45) is 3.71. The van der Waals surface area contributed by atoms with Gasteiger partial charge in [-0.05, 0) is 52.9 Å². The van der Waals surface area contributed by atoms with Crippen molar-refractivity contribution in [2.75, 3.05) is 14.2 Å². The summed E-state index contributed by atoms with van der Waals surface area (Å²) >= 11 is 0. The fraction of sp³-hybridized carbons (Fsp3) is 0.591. The number of carboxylic acid groups (broad SMARTS) is 1. The topological polar surface area (TPSA) is 55.8 Å². The molecule has 3 rings (SSSR count). The molecule has 0 amide bonds. The minimum atomic E-state index is -0.901. The van der Waals surface area contributed by atoms with Crippen molar-refractivity contribution in [1.29, 1.82) is 0 Å². The number of benzene rings is 1. The van der Waals surface area contributed by atoms with E-state index in [1.807, 2.05) is 12.1 Å². The van der Waals surface area contributed by atoms with Crippen LogP contribution in [-0.4, -0.2) is 25.3 Å². The summed E-state index contributed by atoms with van der Waals surface area (Å²) < 4.78 is 11.4. The van der Waals surface area contributed by atoms with Gasteiger partial charge in [0, 0.05) is 0 Å². The molecule has 26 heavy (non-hydrogen) atoms. The molecule has 0 radical (unpaired) electrons. The number of fused-ring (bicyclic) bond motifs is 2.